The number of carbonyl (C=O) groups excluding carboxylic acids is 1. The van der Waals surface area contributed by atoms with E-state index in [1.165, 1.54) is 0 Å². The van der Waals surface area contributed by atoms with Gasteiger partial charge in [-0.2, -0.15) is 0 Å². The lowest BCUT2D eigenvalue weighted by molar-refractivity contribution is -0.143. The van der Waals surface area contributed by atoms with Crippen LogP contribution in [0.4, 0.5) is 0 Å². The van der Waals surface area contributed by atoms with Gasteiger partial charge in [-0.1, -0.05) is 0 Å². The van der Waals surface area contributed by atoms with Gasteiger partial charge in [0.05, 0.1) is 6.54 Å². The van der Waals surface area contributed by atoms with Crippen LogP contribution in [0.15, 0.2) is 0 Å². The van der Waals surface area contributed by atoms with Crippen molar-refractivity contribution >= 4 is 18.2 Å². The minimum Gasteiger partial charge on any atom is -0.480 e. The van der Waals surface area contributed by atoms with Crippen molar-refractivity contribution in [2.24, 2.45) is 0 Å². The highest BCUT2D eigenvalue weighted by molar-refractivity contribution is 5.72. The standard InChI is InChI=1S/C6H10N2O5/c9-2-1-7-8(3-5(10)11)4-6(12)13/h2,7H,1,3-4H2,(H,10,11)(H,12,13). The van der Waals surface area contributed by atoms with E-state index in [9.17, 15) is 14.4 Å². The van der Waals surface area contributed by atoms with Crippen LogP contribution in [-0.2, 0) is 14.4 Å². The van der Waals surface area contributed by atoms with Gasteiger partial charge in [0.25, 0.3) is 0 Å². The third kappa shape index (κ3) is 6.91. The van der Waals surface area contributed by atoms with E-state index in [0.717, 1.165) is 5.01 Å². The predicted octanol–water partition coefficient (Wildman–Crippen LogP) is -1.84. The number of carboxylic acid groups (broad SMARTS) is 2. The highest BCUT2D eigenvalue weighted by Crippen LogP contribution is 1.81. The number of rotatable bonds is 7. The van der Waals surface area contributed by atoms with E-state index in [0.29, 0.717) is 6.29 Å². The summed E-state index contributed by atoms with van der Waals surface area (Å²) in [5.41, 5.74) is 2.34. The minimum atomic E-state index is -1.17. The third-order valence-electron chi connectivity index (χ3n) is 1.05. The summed E-state index contributed by atoms with van der Waals surface area (Å²) < 4.78 is 0. The van der Waals surface area contributed by atoms with Gasteiger partial charge in [0, 0.05) is 0 Å². The molecular formula is C6H10N2O5. The maximum atomic E-state index is 10.2. The van der Waals surface area contributed by atoms with Crippen LogP contribution < -0.4 is 5.43 Å². The molecule has 0 heterocycles. The zero-order valence-electron chi connectivity index (χ0n) is 6.77. The van der Waals surface area contributed by atoms with Gasteiger partial charge in [-0.05, 0) is 0 Å². The Morgan fingerprint density at radius 3 is 2.00 bits per heavy atom. The van der Waals surface area contributed by atoms with Gasteiger partial charge in [-0.25, -0.2) is 10.4 Å². The molecule has 7 heteroatoms. The van der Waals surface area contributed by atoms with Gasteiger partial charge in [0.15, 0.2) is 0 Å². The number of nitrogens with one attached hydrogen (secondary N) is 1. The Morgan fingerprint density at radius 1 is 1.23 bits per heavy atom. The molecule has 7 nitrogen and oxygen atoms in total. The van der Waals surface area contributed by atoms with Gasteiger partial charge >= 0.3 is 11.9 Å². The highest BCUT2D eigenvalue weighted by Gasteiger charge is 2.11. The first kappa shape index (κ1) is 11.5. The predicted molar refractivity (Wildman–Crippen MR) is 40.9 cm³/mol. The molecule has 0 aliphatic carbocycles. The molecule has 0 spiro atoms. The van der Waals surface area contributed by atoms with E-state index < -0.39 is 25.0 Å². The third-order valence-corrected chi connectivity index (χ3v) is 1.05. The van der Waals surface area contributed by atoms with Crippen molar-refractivity contribution in [3.8, 4) is 0 Å². The molecule has 0 amide bonds. The van der Waals surface area contributed by atoms with E-state index in [1.54, 1.807) is 0 Å². The average Bonchev–Trinajstić information content (AvgIpc) is 1.98. The maximum absolute atomic E-state index is 10.2. The number of hydrazine groups is 1. The molecule has 0 aromatic rings. The topological polar surface area (TPSA) is 107 Å². The van der Waals surface area contributed by atoms with Crippen molar-refractivity contribution in [1.82, 2.24) is 10.4 Å². The first-order valence-electron chi connectivity index (χ1n) is 3.42. The number of hydrogen-bond acceptors (Lipinski definition) is 5. The number of aliphatic carboxylic acids is 2. The maximum Gasteiger partial charge on any atom is 0.319 e. The molecule has 0 aromatic heterocycles. The van der Waals surface area contributed by atoms with Crippen LogP contribution in [0.1, 0.15) is 0 Å². The van der Waals surface area contributed by atoms with Crippen molar-refractivity contribution in [2.75, 3.05) is 19.6 Å². The zero-order chi connectivity index (χ0) is 10.3. The number of carboxylic acids is 2. The van der Waals surface area contributed by atoms with E-state index in [2.05, 4.69) is 5.43 Å². The first-order chi connectivity index (χ1) is 6.06. The molecule has 0 aliphatic heterocycles. The smallest absolute Gasteiger partial charge is 0.319 e. The Kier molecular flexibility index (Phi) is 5.40. The molecule has 0 bridgehead atoms. The van der Waals surface area contributed by atoms with E-state index in [1.807, 2.05) is 0 Å². The van der Waals surface area contributed by atoms with E-state index >= 15 is 0 Å². The van der Waals surface area contributed by atoms with Gasteiger partial charge in [0.1, 0.15) is 19.4 Å². The van der Waals surface area contributed by atoms with Crippen molar-refractivity contribution in [3.63, 3.8) is 0 Å². The first-order valence-corrected chi connectivity index (χ1v) is 3.42. The zero-order valence-corrected chi connectivity index (χ0v) is 6.77. The van der Waals surface area contributed by atoms with E-state index in [-0.39, 0.29) is 6.54 Å². The fourth-order valence-electron chi connectivity index (χ4n) is 0.661. The number of aldehydes is 1. The Bertz CT molecular complexity index is 189. The molecule has 0 aromatic carbocycles. The molecule has 0 saturated carbocycles. The second-order valence-corrected chi connectivity index (χ2v) is 2.17. The van der Waals surface area contributed by atoms with E-state index in [4.69, 9.17) is 10.2 Å². The Labute approximate surface area is 73.9 Å². The largest absolute Gasteiger partial charge is 0.480 e. The van der Waals surface area contributed by atoms with Gasteiger partial charge in [0.2, 0.25) is 0 Å². The summed E-state index contributed by atoms with van der Waals surface area (Å²) in [5.74, 6) is -2.33. The Hall–Kier alpha value is -1.47. The molecule has 3 N–H and O–H groups in total. The lowest BCUT2D eigenvalue weighted by atomic mass is 10.5. The van der Waals surface area contributed by atoms with Gasteiger partial charge in [-0.15, -0.1) is 0 Å². The lowest BCUT2D eigenvalue weighted by Crippen LogP contribution is -2.45. The molecule has 0 aliphatic rings. The Morgan fingerprint density at radius 2 is 1.69 bits per heavy atom. The van der Waals surface area contributed by atoms with Crippen LogP contribution in [0.5, 0.6) is 0 Å². The molecule has 0 unspecified atom stereocenters. The van der Waals surface area contributed by atoms with Crippen molar-refractivity contribution in [3.05, 3.63) is 0 Å². The lowest BCUT2D eigenvalue weighted by Gasteiger charge is -2.17. The second-order valence-electron chi connectivity index (χ2n) is 2.17. The summed E-state index contributed by atoms with van der Waals surface area (Å²) in [7, 11) is 0. The monoisotopic (exact) mass is 190 g/mol. The normalized spacial score (nSPS) is 9.92. The van der Waals surface area contributed by atoms with Crippen molar-refractivity contribution in [1.29, 1.82) is 0 Å². The molecule has 74 valence electrons. The number of hydrogen-bond donors (Lipinski definition) is 3. The van der Waals surface area contributed by atoms with Crippen LogP contribution >= 0.6 is 0 Å². The molecule has 0 fully saturated rings. The fourth-order valence-corrected chi connectivity index (χ4v) is 0.661. The summed E-state index contributed by atoms with van der Waals surface area (Å²) in [6.45, 7) is -1.05. The summed E-state index contributed by atoms with van der Waals surface area (Å²) in [6, 6.07) is 0. The summed E-state index contributed by atoms with van der Waals surface area (Å²) in [4.78, 5) is 30.3. The van der Waals surface area contributed by atoms with Crippen LogP contribution in [0, 0.1) is 0 Å². The number of carbonyl (C=O) groups is 3. The molecule has 13 heavy (non-hydrogen) atoms. The Balaban J connectivity index is 3.93. The van der Waals surface area contributed by atoms with Crippen LogP contribution in [0.25, 0.3) is 0 Å². The molecular weight excluding hydrogens is 180 g/mol. The second kappa shape index (κ2) is 6.09. The minimum absolute atomic E-state index is 0.111. The SMILES string of the molecule is O=CCNN(CC(=O)O)CC(=O)O. The molecule has 0 rings (SSSR count). The molecule has 0 atom stereocenters. The number of nitrogens with zero attached hydrogens (tertiary/aromatic N) is 1. The summed E-state index contributed by atoms with van der Waals surface area (Å²) in [5, 5.41) is 17.6. The van der Waals surface area contributed by atoms with Crippen LogP contribution in [-0.4, -0.2) is 53.1 Å². The fraction of sp³-hybridized carbons (Fsp3) is 0.500. The van der Waals surface area contributed by atoms with Crippen LogP contribution in [0.3, 0.4) is 0 Å². The van der Waals surface area contributed by atoms with Crippen LogP contribution in [0.2, 0.25) is 0 Å². The summed E-state index contributed by atoms with van der Waals surface area (Å²) in [6.07, 6.45) is 0.511. The highest BCUT2D eigenvalue weighted by atomic mass is 16.4. The molecule has 0 radical (unpaired) electrons. The quantitative estimate of drug-likeness (QED) is 0.320. The van der Waals surface area contributed by atoms with Gasteiger partial charge < -0.3 is 15.0 Å². The average molecular weight is 190 g/mol. The molecule has 0 saturated heterocycles. The van der Waals surface area contributed by atoms with Crippen molar-refractivity contribution in [2.45, 2.75) is 0 Å². The van der Waals surface area contributed by atoms with Gasteiger partial charge in [-0.3, -0.25) is 9.59 Å². The summed E-state index contributed by atoms with van der Waals surface area (Å²) >= 11 is 0. The van der Waals surface area contributed by atoms with Crippen molar-refractivity contribution < 1.29 is 24.6 Å².